The molecular weight excluding hydrogens is 272 g/mol. The highest BCUT2D eigenvalue weighted by molar-refractivity contribution is 7.14. The van der Waals surface area contributed by atoms with Gasteiger partial charge in [-0.2, -0.15) is 0 Å². The number of hydrogen-bond acceptors (Lipinski definition) is 3. The molecule has 0 amide bonds. The molecule has 0 aliphatic rings. The fourth-order valence-electron chi connectivity index (χ4n) is 1.91. The number of carboxylic acid groups (broad SMARTS) is 1. The third-order valence-electron chi connectivity index (χ3n) is 3.06. The number of ether oxygens (including phenoxy) is 1. The van der Waals surface area contributed by atoms with Gasteiger partial charge in [0.2, 0.25) is 0 Å². The monoisotopic (exact) mass is 290 g/mol. The number of carboxylic acids is 1. The van der Waals surface area contributed by atoms with Gasteiger partial charge in [-0.1, -0.05) is 38.1 Å². The fourth-order valence-corrected chi connectivity index (χ4v) is 2.70. The number of carbonyl (C=O) groups is 1. The Labute approximate surface area is 122 Å². The molecule has 1 heterocycles. The number of rotatable bonds is 5. The molecule has 0 atom stereocenters. The third-order valence-corrected chi connectivity index (χ3v) is 4.08. The molecule has 106 valence electrons. The molecule has 0 unspecified atom stereocenters. The van der Waals surface area contributed by atoms with Crippen LogP contribution in [0, 0.1) is 6.92 Å². The molecule has 0 aliphatic carbocycles. The highest BCUT2D eigenvalue weighted by atomic mass is 32.1. The van der Waals surface area contributed by atoms with E-state index in [1.165, 1.54) is 16.9 Å². The van der Waals surface area contributed by atoms with Gasteiger partial charge in [0.05, 0.1) is 0 Å². The second-order valence-corrected chi connectivity index (χ2v) is 6.30. The quantitative estimate of drug-likeness (QED) is 0.884. The van der Waals surface area contributed by atoms with Crippen molar-refractivity contribution in [2.24, 2.45) is 0 Å². The zero-order chi connectivity index (χ0) is 14.7. The van der Waals surface area contributed by atoms with Gasteiger partial charge in [-0.15, -0.1) is 11.3 Å². The van der Waals surface area contributed by atoms with Crippen LogP contribution < -0.4 is 4.74 Å². The van der Waals surface area contributed by atoms with E-state index in [4.69, 9.17) is 9.84 Å². The van der Waals surface area contributed by atoms with Gasteiger partial charge in [0, 0.05) is 4.88 Å². The summed E-state index contributed by atoms with van der Waals surface area (Å²) in [5, 5.41) is 9.10. The van der Waals surface area contributed by atoms with Crippen LogP contribution >= 0.6 is 11.3 Å². The average molecular weight is 290 g/mol. The largest absolute Gasteiger partial charge is 0.487 e. The van der Waals surface area contributed by atoms with E-state index in [2.05, 4.69) is 26.0 Å². The minimum atomic E-state index is -0.937. The predicted molar refractivity (Wildman–Crippen MR) is 80.9 cm³/mol. The van der Waals surface area contributed by atoms with Crippen LogP contribution in [0.1, 0.15) is 45.4 Å². The lowest BCUT2D eigenvalue weighted by molar-refractivity contribution is 0.0697. The van der Waals surface area contributed by atoms with Crippen molar-refractivity contribution in [2.75, 3.05) is 0 Å². The standard InChI is InChI=1S/C16H18O3S/c1-10(2)13-6-4-12(5-7-13)9-19-14-8-11(3)20-15(14)16(17)18/h4-8,10H,9H2,1-3H3,(H,17,18). The van der Waals surface area contributed by atoms with Crippen LogP contribution in [0.5, 0.6) is 5.75 Å². The second kappa shape index (κ2) is 6.09. The van der Waals surface area contributed by atoms with Gasteiger partial charge >= 0.3 is 5.97 Å². The van der Waals surface area contributed by atoms with Crippen molar-refractivity contribution in [2.45, 2.75) is 33.3 Å². The third kappa shape index (κ3) is 3.39. The topological polar surface area (TPSA) is 46.5 Å². The first kappa shape index (κ1) is 14.6. The molecule has 4 heteroatoms. The first-order valence-corrected chi connectivity index (χ1v) is 7.34. The molecule has 0 saturated heterocycles. The smallest absolute Gasteiger partial charge is 0.349 e. The van der Waals surface area contributed by atoms with Crippen molar-refractivity contribution in [3.05, 3.63) is 51.2 Å². The Hall–Kier alpha value is -1.81. The molecular formula is C16H18O3S. The summed E-state index contributed by atoms with van der Waals surface area (Å²) >= 11 is 1.24. The molecule has 2 rings (SSSR count). The number of aryl methyl sites for hydroxylation is 1. The predicted octanol–water partition coefficient (Wildman–Crippen LogP) is 4.46. The van der Waals surface area contributed by atoms with Crippen molar-refractivity contribution in [3.8, 4) is 5.75 Å². The summed E-state index contributed by atoms with van der Waals surface area (Å²) in [4.78, 5) is 12.3. The molecule has 0 saturated carbocycles. The summed E-state index contributed by atoms with van der Waals surface area (Å²) in [6.45, 7) is 6.56. The van der Waals surface area contributed by atoms with Crippen molar-refractivity contribution in [1.29, 1.82) is 0 Å². The lowest BCUT2D eigenvalue weighted by Gasteiger charge is -2.08. The number of hydrogen-bond donors (Lipinski definition) is 1. The van der Waals surface area contributed by atoms with E-state index in [-0.39, 0.29) is 4.88 Å². The minimum absolute atomic E-state index is 0.265. The first-order valence-electron chi connectivity index (χ1n) is 6.52. The molecule has 0 radical (unpaired) electrons. The SMILES string of the molecule is Cc1cc(OCc2ccc(C(C)C)cc2)c(C(=O)O)s1. The molecule has 20 heavy (non-hydrogen) atoms. The van der Waals surface area contributed by atoms with Gasteiger partial charge < -0.3 is 9.84 Å². The summed E-state index contributed by atoms with van der Waals surface area (Å²) in [6.07, 6.45) is 0. The zero-order valence-corrected chi connectivity index (χ0v) is 12.7. The molecule has 2 aromatic rings. The minimum Gasteiger partial charge on any atom is -0.487 e. The van der Waals surface area contributed by atoms with E-state index in [9.17, 15) is 4.79 Å². The number of thiophene rings is 1. The normalized spacial score (nSPS) is 10.8. The molecule has 0 fully saturated rings. The molecule has 0 bridgehead atoms. The molecule has 0 aliphatic heterocycles. The van der Waals surface area contributed by atoms with Gasteiger partial charge in [-0.25, -0.2) is 4.79 Å². The van der Waals surface area contributed by atoms with Gasteiger partial charge in [-0.3, -0.25) is 0 Å². The van der Waals surface area contributed by atoms with Crippen molar-refractivity contribution < 1.29 is 14.6 Å². The van der Waals surface area contributed by atoms with Crippen LogP contribution in [-0.4, -0.2) is 11.1 Å². The maximum atomic E-state index is 11.1. The van der Waals surface area contributed by atoms with E-state index in [1.54, 1.807) is 6.07 Å². The van der Waals surface area contributed by atoms with Crippen LogP contribution in [0.4, 0.5) is 0 Å². The van der Waals surface area contributed by atoms with Crippen LogP contribution in [0.15, 0.2) is 30.3 Å². The Morgan fingerprint density at radius 2 is 1.95 bits per heavy atom. The molecule has 1 N–H and O–H groups in total. The Morgan fingerprint density at radius 3 is 2.50 bits per heavy atom. The number of aromatic carboxylic acids is 1. The summed E-state index contributed by atoms with van der Waals surface area (Å²) < 4.78 is 5.64. The Balaban J connectivity index is 2.07. The van der Waals surface area contributed by atoms with Gasteiger partial charge in [0.25, 0.3) is 0 Å². The maximum absolute atomic E-state index is 11.1. The highest BCUT2D eigenvalue weighted by Crippen LogP contribution is 2.29. The van der Waals surface area contributed by atoms with E-state index < -0.39 is 5.97 Å². The lowest BCUT2D eigenvalue weighted by atomic mass is 10.0. The average Bonchev–Trinajstić information content (AvgIpc) is 2.78. The number of benzene rings is 1. The van der Waals surface area contributed by atoms with E-state index in [0.29, 0.717) is 18.3 Å². The zero-order valence-electron chi connectivity index (χ0n) is 11.8. The van der Waals surface area contributed by atoms with Crippen molar-refractivity contribution >= 4 is 17.3 Å². The maximum Gasteiger partial charge on any atom is 0.349 e. The molecule has 3 nitrogen and oxygen atoms in total. The van der Waals surface area contributed by atoms with E-state index in [1.807, 2.05) is 19.1 Å². The summed E-state index contributed by atoms with van der Waals surface area (Å²) in [5.74, 6) is 0.0179. The van der Waals surface area contributed by atoms with E-state index in [0.717, 1.165) is 10.4 Å². The van der Waals surface area contributed by atoms with Gasteiger partial charge in [0.15, 0.2) is 4.88 Å². The summed E-state index contributed by atoms with van der Waals surface area (Å²) in [7, 11) is 0. The van der Waals surface area contributed by atoms with Gasteiger partial charge in [0.1, 0.15) is 12.4 Å². The van der Waals surface area contributed by atoms with Crippen LogP contribution in [0.2, 0.25) is 0 Å². The lowest BCUT2D eigenvalue weighted by Crippen LogP contribution is -2.00. The van der Waals surface area contributed by atoms with Crippen LogP contribution in [0.3, 0.4) is 0 Å². The van der Waals surface area contributed by atoms with Crippen molar-refractivity contribution in [1.82, 2.24) is 0 Å². The molecule has 1 aromatic carbocycles. The summed E-state index contributed by atoms with van der Waals surface area (Å²) in [5.41, 5.74) is 2.32. The van der Waals surface area contributed by atoms with Gasteiger partial charge in [-0.05, 0) is 30.0 Å². The molecule has 1 aromatic heterocycles. The van der Waals surface area contributed by atoms with Crippen LogP contribution in [-0.2, 0) is 6.61 Å². The Kier molecular flexibility index (Phi) is 4.45. The summed E-state index contributed by atoms with van der Waals surface area (Å²) in [6, 6.07) is 9.99. The fraction of sp³-hybridized carbons (Fsp3) is 0.312. The second-order valence-electron chi connectivity index (χ2n) is 5.04. The first-order chi connectivity index (χ1) is 9.47. The van der Waals surface area contributed by atoms with E-state index >= 15 is 0 Å². The Bertz CT molecular complexity index is 597. The molecule has 0 spiro atoms. The van der Waals surface area contributed by atoms with Crippen molar-refractivity contribution in [3.63, 3.8) is 0 Å². The highest BCUT2D eigenvalue weighted by Gasteiger charge is 2.15. The van der Waals surface area contributed by atoms with Crippen LogP contribution in [0.25, 0.3) is 0 Å². The Morgan fingerprint density at radius 1 is 1.30 bits per heavy atom.